The van der Waals surface area contributed by atoms with Crippen LogP contribution in [-0.2, 0) is 22.9 Å². The molecule has 0 fully saturated rings. The second-order valence-corrected chi connectivity index (χ2v) is 10.6. The van der Waals surface area contributed by atoms with Crippen LogP contribution in [0.4, 0.5) is 5.13 Å². The summed E-state index contributed by atoms with van der Waals surface area (Å²) in [7, 11) is -3.54. The van der Waals surface area contributed by atoms with Gasteiger partial charge < -0.3 is 0 Å². The van der Waals surface area contributed by atoms with Gasteiger partial charge in [-0.3, -0.25) is 10.1 Å². The molecule has 29 heavy (non-hydrogen) atoms. The molecular formula is C21H29N3O3S2. The van der Waals surface area contributed by atoms with Crippen LogP contribution < -0.4 is 5.32 Å². The first-order chi connectivity index (χ1) is 13.8. The van der Waals surface area contributed by atoms with Crippen molar-refractivity contribution < 1.29 is 13.2 Å². The summed E-state index contributed by atoms with van der Waals surface area (Å²) in [6, 6.07) is 6.14. The number of rotatable bonds is 8. The fourth-order valence-corrected chi connectivity index (χ4v) is 6.13. The van der Waals surface area contributed by atoms with E-state index in [2.05, 4.69) is 17.2 Å². The van der Waals surface area contributed by atoms with Crippen LogP contribution in [-0.4, -0.2) is 36.7 Å². The van der Waals surface area contributed by atoms with Crippen molar-refractivity contribution in [2.24, 2.45) is 5.92 Å². The SMILES string of the molecule is CCCCN(CC)S(=O)(=O)c1ccc(C(=O)Nc2nc3c(s2)CC(C)CC3)cc1. The Bertz CT molecular complexity index is 952. The van der Waals surface area contributed by atoms with Crippen molar-refractivity contribution in [3.05, 3.63) is 40.4 Å². The first-order valence-corrected chi connectivity index (χ1v) is 12.5. The number of sulfonamides is 1. The number of carbonyl (C=O) groups is 1. The van der Waals surface area contributed by atoms with Gasteiger partial charge in [-0.1, -0.05) is 27.2 Å². The molecule has 158 valence electrons. The van der Waals surface area contributed by atoms with Crippen LogP contribution in [0.15, 0.2) is 29.2 Å². The van der Waals surface area contributed by atoms with Gasteiger partial charge in [0.1, 0.15) is 0 Å². The van der Waals surface area contributed by atoms with Crippen LogP contribution in [0.2, 0.25) is 0 Å². The minimum Gasteiger partial charge on any atom is -0.298 e. The lowest BCUT2D eigenvalue weighted by atomic mass is 9.93. The van der Waals surface area contributed by atoms with Gasteiger partial charge in [-0.15, -0.1) is 11.3 Å². The van der Waals surface area contributed by atoms with E-state index in [9.17, 15) is 13.2 Å². The van der Waals surface area contributed by atoms with Gasteiger partial charge >= 0.3 is 0 Å². The third-order valence-electron chi connectivity index (χ3n) is 5.27. The first-order valence-electron chi connectivity index (χ1n) is 10.2. The molecular weight excluding hydrogens is 406 g/mol. The minimum atomic E-state index is -3.54. The molecule has 1 aromatic carbocycles. The Balaban J connectivity index is 1.70. The number of anilines is 1. The number of thiazole rings is 1. The van der Waals surface area contributed by atoms with Gasteiger partial charge in [-0.05, 0) is 55.9 Å². The van der Waals surface area contributed by atoms with Crippen molar-refractivity contribution in [1.82, 2.24) is 9.29 Å². The summed E-state index contributed by atoms with van der Waals surface area (Å²) in [5.74, 6) is 0.382. The van der Waals surface area contributed by atoms with Crippen LogP contribution in [0.3, 0.4) is 0 Å². The Hall–Kier alpha value is -1.77. The number of carbonyl (C=O) groups excluding carboxylic acids is 1. The van der Waals surface area contributed by atoms with E-state index in [1.54, 1.807) is 12.1 Å². The quantitative estimate of drug-likeness (QED) is 0.669. The number of amides is 1. The number of nitrogens with zero attached hydrogens (tertiary/aromatic N) is 2. The summed E-state index contributed by atoms with van der Waals surface area (Å²) in [5.41, 5.74) is 1.51. The number of hydrogen-bond acceptors (Lipinski definition) is 5. The highest BCUT2D eigenvalue weighted by molar-refractivity contribution is 7.89. The molecule has 1 aliphatic rings. The second kappa shape index (κ2) is 9.36. The molecule has 1 aliphatic carbocycles. The Labute approximate surface area is 177 Å². The average Bonchev–Trinajstić information content (AvgIpc) is 3.09. The number of aromatic nitrogens is 1. The van der Waals surface area contributed by atoms with Crippen LogP contribution >= 0.6 is 11.3 Å². The second-order valence-electron chi connectivity index (χ2n) is 7.57. The molecule has 1 unspecified atom stereocenters. The summed E-state index contributed by atoms with van der Waals surface area (Å²) >= 11 is 1.54. The highest BCUT2D eigenvalue weighted by Crippen LogP contribution is 2.32. The lowest BCUT2D eigenvalue weighted by Gasteiger charge is -2.20. The fraction of sp³-hybridized carbons (Fsp3) is 0.524. The monoisotopic (exact) mass is 435 g/mol. The predicted octanol–water partition coefficient (Wildman–Crippen LogP) is 4.33. The van der Waals surface area contributed by atoms with E-state index in [4.69, 9.17) is 0 Å². The van der Waals surface area contributed by atoms with Gasteiger partial charge in [0.2, 0.25) is 10.0 Å². The first kappa shape index (κ1) is 21.9. The number of benzene rings is 1. The summed E-state index contributed by atoms with van der Waals surface area (Å²) in [6.07, 6.45) is 4.87. The molecule has 8 heteroatoms. The molecule has 2 aromatic rings. The summed E-state index contributed by atoms with van der Waals surface area (Å²) < 4.78 is 27.1. The molecule has 0 saturated carbocycles. The van der Waals surface area contributed by atoms with Crippen molar-refractivity contribution >= 4 is 32.4 Å². The number of hydrogen-bond donors (Lipinski definition) is 1. The highest BCUT2D eigenvalue weighted by Gasteiger charge is 2.23. The topological polar surface area (TPSA) is 79.4 Å². The Morgan fingerprint density at radius 2 is 2.00 bits per heavy atom. The van der Waals surface area contributed by atoms with E-state index in [-0.39, 0.29) is 10.8 Å². The zero-order chi connectivity index (χ0) is 21.0. The number of nitrogens with one attached hydrogen (secondary N) is 1. The normalized spacial score (nSPS) is 16.6. The Morgan fingerprint density at radius 1 is 1.28 bits per heavy atom. The maximum atomic E-state index is 12.8. The van der Waals surface area contributed by atoms with E-state index in [1.165, 1.54) is 32.7 Å². The molecule has 1 heterocycles. The van der Waals surface area contributed by atoms with E-state index in [0.29, 0.717) is 29.7 Å². The average molecular weight is 436 g/mol. The van der Waals surface area contributed by atoms with Crippen molar-refractivity contribution in [2.75, 3.05) is 18.4 Å². The zero-order valence-corrected chi connectivity index (χ0v) is 18.9. The predicted molar refractivity (Wildman–Crippen MR) is 117 cm³/mol. The molecule has 3 rings (SSSR count). The maximum absolute atomic E-state index is 12.8. The molecule has 1 aromatic heterocycles. The molecule has 0 saturated heterocycles. The minimum absolute atomic E-state index is 0.214. The van der Waals surface area contributed by atoms with Gasteiger partial charge in [0.15, 0.2) is 5.13 Å². The standard InChI is InChI=1S/C21H29N3O3S2/c1-4-6-13-24(5-2)29(26,27)17-10-8-16(9-11-17)20(25)23-21-22-18-12-7-15(3)14-19(18)28-21/h8-11,15H,4-7,12-14H2,1-3H3,(H,22,23,25). The lowest BCUT2D eigenvalue weighted by molar-refractivity contribution is 0.102. The molecule has 6 nitrogen and oxygen atoms in total. The van der Waals surface area contributed by atoms with Crippen molar-refractivity contribution in [1.29, 1.82) is 0 Å². The largest absolute Gasteiger partial charge is 0.298 e. The van der Waals surface area contributed by atoms with Gasteiger partial charge in [0, 0.05) is 23.5 Å². The van der Waals surface area contributed by atoms with Crippen LogP contribution in [0, 0.1) is 5.92 Å². The fourth-order valence-electron chi connectivity index (χ4n) is 3.47. The third-order valence-corrected chi connectivity index (χ3v) is 8.30. The van der Waals surface area contributed by atoms with Crippen LogP contribution in [0.25, 0.3) is 0 Å². The van der Waals surface area contributed by atoms with E-state index in [1.807, 2.05) is 13.8 Å². The molecule has 0 bridgehead atoms. The van der Waals surface area contributed by atoms with Crippen molar-refractivity contribution in [3.8, 4) is 0 Å². The van der Waals surface area contributed by atoms with Gasteiger partial charge in [0.25, 0.3) is 5.91 Å². The molecule has 1 amide bonds. The third kappa shape index (κ3) is 5.05. The Morgan fingerprint density at radius 3 is 2.66 bits per heavy atom. The Kier molecular flexibility index (Phi) is 7.08. The lowest BCUT2D eigenvalue weighted by Crippen LogP contribution is -2.31. The molecule has 0 aliphatic heterocycles. The number of unbranched alkanes of at least 4 members (excludes halogenated alkanes) is 1. The summed E-state index contributed by atoms with van der Waals surface area (Å²) in [6.45, 7) is 7.04. The van der Waals surface area contributed by atoms with E-state index < -0.39 is 10.0 Å². The molecule has 0 radical (unpaired) electrons. The highest BCUT2D eigenvalue weighted by atomic mass is 32.2. The zero-order valence-electron chi connectivity index (χ0n) is 17.3. The van der Waals surface area contributed by atoms with Crippen LogP contribution in [0.5, 0.6) is 0 Å². The number of aryl methyl sites for hydroxylation is 1. The van der Waals surface area contributed by atoms with Gasteiger partial charge in [-0.25, -0.2) is 13.4 Å². The van der Waals surface area contributed by atoms with E-state index >= 15 is 0 Å². The van der Waals surface area contributed by atoms with Crippen molar-refractivity contribution in [3.63, 3.8) is 0 Å². The summed E-state index contributed by atoms with van der Waals surface area (Å²) in [5, 5.41) is 3.47. The number of fused-ring (bicyclic) bond motifs is 1. The summed E-state index contributed by atoms with van der Waals surface area (Å²) in [4.78, 5) is 18.6. The molecule has 1 atom stereocenters. The van der Waals surface area contributed by atoms with E-state index in [0.717, 1.165) is 37.8 Å². The van der Waals surface area contributed by atoms with Crippen molar-refractivity contribution in [2.45, 2.75) is 57.8 Å². The maximum Gasteiger partial charge on any atom is 0.257 e. The van der Waals surface area contributed by atoms with Gasteiger partial charge in [0.05, 0.1) is 10.6 Å². The smallest absolute Gasteiger partial charge is 0.257 e. The molecule has 1 N–H and O–H groups in total. The van der Waals surface area contributed by atoms with Crippen LogP contribution in [0.1, 0.15) is 61.0 Å². The van der Waals surface area contributed by atoms with Gasteiger partial charge in [-0.2, -0.15) is 4.31 Å². The molecule has 0 spiro atoms.